The highest BCUT2D eigenvalue weighted by Crippen LogP contribution is 2.53. The molecule has 0 fully saturated rings. The lowest BCUT2D eigenvalue weighted by molar-refractivity contribution is 0.900. The Hall–Kier alpha value is -16.6. The molecule has 3 aliphatic heterocycles. The second-order valence-electron chi connectivity index (χ2n) is 32.2. The molecule has 0 saturated heterocycles. The number of anilines is 9. The number of imidazole rings is 3. The highest BCUT2D eigenvalue weighted by molar-refractivity contribution is 6.10. The minimum atomic E-state index is 0.629. The molecule has 0 bridgehead atoms. The van der Waals surface area contributed by atoms with Crippen LogP contribution >= 0.6 is 0 Å². The van der Waals surface area contributed by atoms with Gasteiger partial charge in [-0.05, 0) is 202 Å². The van der Waals surface area contributed by atoms with Gasteiger partial charge in [-0.2, -0.15) is 0 Å². The van der Waals surface area contributed by atoms with Crippen molar-refractivity contribution in [3.8, 4) is 101 Å². The third-order valence-corrected chi connectivity index (χ3v) is 24.7. The zero-order valence-electron chi connectivity index (χ0n) is 70.2. The number of fused-ring (bicyclic) bond motifs is 9. The summed E-state index contributed by atoms with van der Waals surface area (Å²) in [7, 11) is 0. The fraction of sp³-hybridized carbons (Fsp3) is 0.0526. The zero-order chi connectivity index (χ0) is 84.6. The van der Waals surface area contributed by atoms with Gasteiger partial charge < -0.3 is 19.3 Å². The van der Waals surface area contributed by atoms with E-state index in [9.17, 15) is 0 Å². The molecule has 127 heavy (non-hydrogen) atoms. The summed E-state index contributed by atoms with van der Waals surface area (Å²) in [5.41, 5.74) is 36.0. The summed E-state index contributed by atoms with van der Waals surface area (Å²) in [6, 6.07) is 146. The highest BCUT2D eigenvalue weighted by Gasteiger charge is 2.34. The Kier molecular flexibility index (Phi) is 18.8. The van der Waals surface area contributed by atoms with E-state index in [-0.39, 0.29) is 0 Å². The third kappa shape index (κ3) is 13.1. The lowest BCUT2D eigenvalue weighted by Gasteiger charge is -2.33. The second-order valence-corrected chi connectivity index (χ2v) is 32.2. The van der Waals surface area contributed by atoms with Gasteiger partial charge in [0, 0.05) is 69.5 Å². The molecule has 604 valence electrons. The van der Waals surface area contributed by atoms with E-state index in [1.807, 2.05) is 66.7 Å². The van der Waals surface area contributed by atoms with Gasteiger partial charge in [0.15, 0.2) is 17.5 Å². The molecule has 13 nitrogen and oxygen atoms in total. The van der Waals surface area contributed by atoms with Crippen molar-refractivity contribution >= 4 is 106 Å². The topological polar surface area (TPSA) is 107 Å². The molecule has 0 radical (unpaired) electrons. The summed E-state index contributed by atoms with van der Waals surface area (Å²) in [6.07, 6.45) is 2.56. The van der Waals surface area contributed by atoms with Gasteiger partial charge in [-0.3, -0.25) is 13.7 Å². The Morgan fingerprint density at radius 1 is 0.181 bits per heavy atom. The number of hydrogen-bond donors (Lipinski definition) is 0. The number of aryl methyl sites for hydroxylation is 3. The number of benzene rings is 17. The Morgan fingerprint density at radius 3 is 0.827 bits per heavy atom. The first-order valence-corrected chi connectivity index (χ1v) is 43.6. The number of rotatable bonds is 14. The van der Waals surface area contributed by atoms with E-state index in [4.69, 9.17) is 29.9 Å². The molecule has 0 saturated carbocycles. The molecular formula is C114H83N13. The monoisotopic (exact) mass is 1630 g/mol. The normalized spacial score (nSPS) is 12.1. The average molecular weight is 1640 g/mol. The molecular weight excluding hydrogens is 1550 g/mol. The number of para-hydroxylation sites is 8. The van der Waals surface area contributed by atoms with Gasteiger partial charge >= 0.3 is 0 Å². The van der Waals surface area contributed by atoms with Crippen LogP contribution in [0.2, 0.25) is 0 Å². The average Bonchev–Trinajstić information content (AvgIpc) is 1.64. The van der Waals surface area contributed by atoms with Crippen LogP contribution in [0.5, 0.6) is 0 Å². The number of aromatic nitrogens is 10. The minimum absolute atomic E-state index is 0.629. The van der Waals surface area contributed by atoms with Gasteiger partial charge in [-0.15, -0.1) is 0 Å². The van der Waals surface area contributed by atoms with Crippen LogP contribution in [-0.4, -0.2) is 48.2 Å². The molecule has 25 rings (SSSR count). The van der Waals surface area contributed by atoms with Crippen molar-refractivity contribution in [3.05, 3.63) is 430 Å². The van der Waals surface area contributed by atoms with Gasteiger partial charge in [0.2, 0.25) is 0 Å². The Labute approximate surface area is 735 Å². The van der Waals surface area contributed by atoms with Crippen LogP contribution in [0.15, 0.2) is 413 Å². The Balaban J connectivity index is 0.000000109. The molecule has 22 aromatic rings. The van der Waals surface area contributed by atoms with Crippen LogP contribution in [0.3, 0.4) is 0 Å². The van der Waals surface area contributed by atoms with Crippen molar-refractivity contribution in [2.75, 3.05) is 14.7 Å². The largest absolute Gasteiger partial charge is 0.309 e. The zero-order valence-corrected chi connectivity index (χ0v) is 70.2. The second kappa shape index (κ2) is 31.7. The quantitative estimate of drug-likeness (QED) is 0.105. The summed E-state index contributed by atoms with van der Waals surface area (Å²) < 4.78 is 9.39. The summed E-state index contributed by atoms with van der Waals surface area (Å²) in [5, 5.41) is 2.55. The molecule has 3 aliphatic rings. The van der Waals surface area contributed by atoms with Crippen molar-refractivity contribution in [1.29, 1.82) is 0 Å². The van der Waals surface area contributed by atoms with Crippen molar-refractivity contribution in [1.82, 2.24) is 48.2 Å². The summed E-state index contributed by atoms with van der Waals surface area (Å²) in [4.78, 5) is 37.0. The van der Waals surface area contributed by atoms with Crippen molar-refractivity contribution < 1.29 is 0 Å². The van der Waals surface area contributed by atoms with Crippen LogP contribution in [0.4, 0.5) is 51.2 Å². The molecule has 17 aromatic carbocycles. The third-order valence-electron chi connectivity index (χ3n) is 24.7. The number of nitrogens with zero attached hydrogens (tertiary/aromatic N) is 13. The van der Waals surface area contributed by atoms with Crippen molar-refractivity contribution in [3.63, 3.8) is 0 Å². The molecule has 0 spiro atoms. The lowest BCUT2D eigenvalue weighted by atomic mass is 9.92. The Bertz CT molecular complexity index is 7470. The first-order chi connectivity index (χ1) is 62.9. The first kappa shape index (κ1) is 75.3. The predicted molar refractivity (Wildman–Crippen MR) is 522 cm³/mol. The summed E-state index contributed by atoms with van der Waals surface area (Å²) in [5.74, 6) is 5.12. The van der Waals surface area contributed by atoms with E-state index in [2.05, 4.69) is 400 Å². The smallest absolute Gasteiger partial charge is 0.164 e. The van der Waals surface area contributed by atoms with Gasteiger partial charge in [0.05, 0.1) is 95.3 Å². The molecule has 0 unspecified atom stereocenters. The van der Waals surface area contributed by atoms with Crippen molar-refractivity contribution in [2.24, 2.45) is 0 Å². The molecule has 0 N–H and O–H groups in total. The van der Waals surface area contributed by atoms with Gasteiger partial charge in [0.1, 0.15) is 17.5 Å². The van der Waals surface area contributed by atoms with E-state index < -0.39 is 0 Å². The fourth-order valence-corrected chi connectivity index (χ4v) is 19.0. The fourth-order valence-electron chi connectivity index (χ4n) is 19.0. The van der Waals surface area contributed by atoms with Gasteiger partial charge in [-0.25, -0.2) is 29.9 Å². The standard InChI is InChI=1S/C39H28N4.C39H29N3.C36H26N6/c1-2-38-40-32-15-10-18-36-39(32)43(38)35-24-21-27(25-37(35)42(36)28-11-4-3-5-12-28)26-19-22-29(23-20-26)41-33-16-8-6-13-30(33)31-14-7-9-17-34(31)41;1-2-38-40-34-19-12-20-36-39(34)42(38)35-22-21-29(26-37(35)41(36)33-17-10-5-11-18-33)32-24-30(27-13-6-3-7-14-27)23-31(25-32)28-15-8-4-9-16-28;1-2-32-37-28-19-12-20-30-33(28)42(32)29-22-21-26(23-31(29)41(30)27-17-10-5-11-18-27)36-39-34(24-13-6-3-7-14-24)38-35(40-36)25-15-8-4-9-16-25/h3-25H,2H2,1H3;3-26H,2H2,1H3;3-23H,2H2,1H3. The highest BCUT2D eigenvalue weighted by atomic mass is 15.3. The summed E-state index contributed by atoms with van der Waals surface area (Å²) in [6.45, 7) is 6.52. The minimum Gasteiger partial charge on any atom is -0.309 e. The van der Waals surface area contributed by atoms with E-state index in [0.717, 1.165) is 155 Å². The van der Waals surface area contributed by atoms with E-state index in [1.54, 1.807) is 0 Å². The van der Waals surface area contributed by atoms with Crippen LogP contribution in [-0.2, 0) is 19.3 Å². The van der Waals surface area contributed by atoms with Gasteiger partial charge in [0.25, 0.3) is 0 Å². The Morgan fingerprint density at radius 2 is 0.465 bits per heavy atom. The molecule has 5 aromatic heterocycles. The van der Waals surface area contributed by atoms with Crippen LogP contribution in [0.1, 0.15) is 38.2 Å². The lowest BCUT2D eigenvalue weighted by Crippen LogP contribution is -2.19. The van der Waals surface area contributed by atoms with Gasteiger partial charge in [-0.1, -0.05) is 276 Å². The van der Waals surface area contributed by atoms with E-state index >= 15 is 0 Å². The maximum absolute atomic E-state index is 5.04. The van der Waals surface area contributed by atoms with Crippen LogP contribution in [0.25, 0.3) is 156 Å². The van der Waals surface area contributed by atoms with Crippen LogP contribution in [0, 0.1) is 0 Å². The maximum Gasteiger partial charge on any atom is 0.164 e. The summed E-state index contributed by atoms with van der Waals surface area (Å²) >= 11 is 0. The maximum atomic E-state index is 5.04. The molecule has 0 aliphatic carbocycles. The first-order valence-electron chi connectivity index (χ1n) is 43.6. The van der Waals surface area contributed by atoms with Crippen LogP contribution < -0.4 is 14.7 Å². The van der Waals surface area contributed by atoms with E-state index in [0.29, 0.717) is 17.5 Å². The molecule has 0 atom stereocenters. The predicted octanol–water partition coefficient (Wildman–Crippen LogP) is 29.1. The molecule has 8 heterocycles. The molecule has 0 amide bonds. The SMILES string of the molecule is CCc1nc2cccc3c2n1-c1ccc(-c2cc(-c4ccccc4)cc(-c4ccccc4)c2)cc1N3c1ccccc1.CCc1nc2cccc3c2n1-c1ccc(-c2ccc(-n4c5ccccc5c5ccccc54)cc2)cc1N3c1ccccc1.CCc1nc2cccc3c2n1-c1ccc(-c2nc(-c4ccccc4)nc(-c4ccccc4)n2)cc1N3c1ccccc1. The van der Waals surface area contributed by atoms with E-state index in [1.165, 1.54) is 71.8 Å². The van der Waals surface area contributed by atoms with Crippen molar-refractivity contribution in [2.45, 2.75) is 40.0 Å². The molecule has 13 heteroatoms. The number of hydrogen-bond acceptors (Lipinski definition) is 9.